The highest BCUT2D eigenvalue weighted by Crippen LogP contribution is 2.38. The van der Waals surface area contributed by atoms with Gasteiger partial charge >= 0.3 is 0 Å². The van der Waals surface area contributed by atoms with Crippen molar-refractivity contribution in [2.24, 2.45) is 0 Å². The zero-order valence-corrected chi connectivity index (χ0v) is 17.7. The van der Waals surface area contributed by atoms with Crippen LogP contribution in [-0.4, -0.2) is 24.1 Å². The Labute approximate surface area is 179 Å². The molecule has 0 saturated carbocycles. The van der Waals surface area contributed by atoms with E-state index in [1.54, 1.807) is 11.3 Å². The zero-order chi connectivity index (χ0) is 20.1. The first kappa shape index (κ1) is 20.0. The highest BCUT2D eigenvalue weighted by atomic mass is 35.5. The van der Waals surface area contributed by atoms with Crippen molar-refractivity contribution < 1.29 is 14.3 Å². The van der Waals surface area contributed by atoms with Crippen molar-refractivity contribution in [2.75, 3.05) is 13.2 Å². The van der Waals surface area contributed by atoms with E-state index >= 15 is 0 Å². The standard InChI is InChI=1S/C22H23ClN2O3S/c23-16-12-15(13-18-22(16)28-11-5-10-27-18)14-24-20(26)8-3-4-9-21-25-17-6-1-2-7-19(17)29-21/h1-2,6-7,12-13H,3-5,8-11,14H2,(H,24,26). The first-order valence-electron chi connectivity index (χ1n) is 9.88. The van der Waals surface area contributed by atoms with Crippen LogP contribution < -0.4 is 14.8 Å². The number of nitrogens with one attached hydrogen (secondary N) is 1. The maximum atomic E-state index is 12.2. The second-order valence-corrected chi connectivity index (χ2v) is 8.54. The summed E-state index contributed by atoms with van der Waals surface area (Å²) >= 11 is 8.03. The van der Waals surface area contributed by atoms with Crippen LogP contribution in [0.1, 0.15) is 36.3 Å². The monoisotopic (exact) mass is 430 g/mol. The van der Waals surface area contributed by atoms with Crippen LogP contribution in [0, 0.1) is 0 Å². The first-order valence-corrected chi connectivity index (χ1v) is 11.1. The van der Waals surface area contributed by atoms with Gasteiger partial charge in [-0.1, -0.05) is 23.7 Å². The van der Waals surface area contributed by atoms with Crippen molar-refractivity contribution in [3.05, 3.63) is 52.0 Å². The summed E-state index contributed by atoms with van der Waals surface area (Å²) in [4.78, 5) is 16.8. The van der Waals surface area contributed by atoms with E-state index in [0.29, 0.717) is 42.7 Å². The van der Waals surface area contributed by atoms with E-state index in [9.17, 15) is 4.79 Å². The molecular formula is C22H23ClN2O3S. The normalized spacial score (nSPS) is 13.3. The molecule has 2 heterocycles. The van der Waals surface area contributed by atoms with Gasteiger partial charge in [0.2, 0.25) is 5.91 Å². The lowest BCUT2D eigenvalue weighted by Crippen LogP contribution is -2.22. The predicted molar refractivity (Wildman–Crippen MR) is 116 cm³/mol. The van der Waals surface area contributed by atoms with Gasteiger partial charge in [0, 0.05) is 19.4 Å². The number of halogens is 1. The minimum absolute atomic E-state index is 0.0394. The van der Waals surface area contributed by atoms with E-state index in [-0.39, 0.29) is 5.91 Å². The number of rotatable bonds is 7. The molecule has 0 unspecified atom stereocenters. The molecule has 1 amide bonds. The van der Waals surface area contributed by atoms with Crippen molar-refractivity contribution >= 4 is 39.1 Å². The third-order valence-corrected chi connectivity index (χ3v) is 6.11. The summed E-state index contributed by atoms with van der Waals surface area (Å²) in [7, 11) is 0. The molecule has 4 rings (SSSR count). The minimum atomic E-state index is 0.0394. The lowest BCUT2D eigenvalue weighted by Gasteiger charge is -2.12. The number of hydrogen-bond acceptors (Lipinski definition) is 5. The predicted octanol–water partition coefficient (Wildman–Crippen LogP) is 5.14. The topological polar surface area (TPSA) is 60.5 Å². The Morgan fingerprint density at radius 3 is 2.93 bits per heavy atom. The Balaban J connectivity index is 1.22. The van der Waals surface area contributed by atoms with E-state index in [1.165, 1.54) is 4.70 Å². The van der Waals surface area contributed by atoms with Gasteiger partial charge in [-0.3, -0.25) is 4.79 Å². The van der Waals surface area contributed by atoms with E-state index < -0.39 is 0 Å². The fraction of sp³-hybridized carbons (Fsp3) is 0.364. The van der Waals surface area contributed by atoms with E-state index in [1.807, 2.05) is 30.3 Å². The van der Waals surface area contributed by atoms with E-state index in [2.05, 4.69) is 16.4 Å². The summed E-state index contributed by atoms with van der Waals surface area (Å²) in [6.07, 6.45) is 4.02. The van der Waals surface area contributed by atoms with Crippen molar-refractivity contribution in [1.29, 1.82) is 0 Å². The molecule has 0 radical (unpaired) electrons. The smallest absolute Gasteiger partial charge is 0.220 e. The number of carbonyl (C=O) groups excluding carboxylic acids is 1. The number of nitrogens with zero attached hydrogens (tertiary/aromatic N) is 1. The lowest BCUT2D eigenvalue weighted by atomic mass is 10.1. The van der Waals surface area contributed by atoms with Crippen LogP contribution in [0.25, 0.3) is 10.2 Å². The SMILES string of the molecule is O=C(CCCCc1nc2ccccc2s1)NCc1cc(Cl)c2c(c1)OCCCO2. The van der Waals surface area contributed by atoms with Crippen LogP contribution in [0.2, 0.25) is 5.02 Å². The maximum Gasteiger partial charge on any atom is 0.220 e. The van der Waals surface area contributed by atoms with Crippen LogP contribution in [-0.2, 0) is 17.8 Å². The number of fused-ring (bicyclic) bond motifs is 2. The molecule has 0 spiro atoms. The molecule has 0 aliphatic carbocycles. The van der Waals surface area contributed by atoms with Crippen LogP contribution >= 0.6 is 22.9 Å². The van der Waals surface area contributed by atoms with Crippen LogP contribution in [0.3, 0.4) is 0 Å². The maximum absolute atomic E-state index is 12.2. The van der Waals surface area contributed by atoms with Gasteiger partial charge in [-0.25, -0.2) is 4.98 Å². The van der Waals surface area contributed by atoms with E-state index in [4.69, 9.17) is 21.1 Å². The fourth-order valence-electron chi connectivity index (χ4n) is 3.26. The first-order chi connectivity index (χ1) is 14.2. The van der Waals surface area contributed by atoms with Gasteiger partial charge in [0.15, 0.2) is 11.5 Å². The number of aromatic nitrogens is 1. The molecule has 3 aromatic rings. The number of para-hydroxylation sites is 1. The molecule has 29 heavy (non-hydrogen) atoms. The fourth-order valence-corrected chi connectivity index (χ4v) is 4.56. The Morgan fingerprint density at radius 1 is 1.17 bits per heavy atom. The summed E-state index contributed by atoms with van der Waals surface area (Å²) in [6.45, 7) is 1.63. The number of aryl methyl sites for hydroxylation is 1. The number of unbranched alkanes of at least 4 members (excludes halogenated alkanes) is 1. The molecule has 5 nitrogen and oxygen atoms in total. The molecule has 0 saturated heterocycles. The van der Waals surface area contributed by atoms with Crippen molar-refractivity contribution in [3.8, 4) is 11.5 Å². The van der Waals surface area contributed by atoms with Crippen molar-refractivity contribution in [1.82, 2.24) is 10.3 Å². The lowest BCUT2D eigenvalue weighted by molar-refractivity contribution is -0.121. The van der Waals surface area contributed by atoms with Gasteiger partial charge < -0.3 is 14.8 Å². The van der Waals surface area contributed by atoms with Crippen LogP contribution in [0.5, 0.6) is 11.5 Å². The third-order valence-electron chi connectivity index (χ3n) is 4.73. The number of amides is 1. The molecule has 7 heteroatoms. The van der Waals surface area contributed by atoms with Crippen LogP contribution in [0.15, 0.2) is 36.4 Å². The molecule has 0 fully saturated rings. The molecule has 1 aromatic heterocycles. The summed E-state index contributed by atoms with van der Waals surface area (Å²) in [5.74, 6) is 1.28. The largest absolute Gasteiger partial charge is 0.489 e. The quantitative estimate of drug-likeness (QED) is 0.527. The summed E-state index contributed by atoms with van der Waals surface area (Å²) in [6, 6.07) is 11.9. The average Bonchev–Trinajstić information content (AvgIpc) is 2.98. The molecule has 152 valence electrons. The second-order valence-electron chi connectivity index (χ2n) is 7.01. The van der Waals surface area contributed by atoms with Gasteiger partial charge in [0.1, 0.15) is 0 Å². The highest BCUT2D eigenvalue weighted by Gasteiger charge is 2.16. The third kappa shape index (κ3) is 5.19. The minimum Gasteiger partial charge on any atom is -0.489 e. The number of hydrogen-bond donors (Lipinski definition) is 1. The average molecular weight is 431 g/mol. The molecule has 1 N–H and O–H groups in total. The molecule has 0 bridgehead atoms. The van der Waals surface area contributed by atoms with Gasteiger partial charge in [0.25, 0.3) is 0 Å². The second kappa shape index (κ2) is 9.46. The molecule has 2 aromatic carbocycles. The van der Waals surface area contributed by atoms with Crippen molar-refractivity contribution in [3.63, 3.8) is 0 Å². The summed E-state index contributed by atoms with van der Waals surface area (Å²) in [5.41, 5.74) is 1.96. The Bertz CT molecular complexity index is 972. The van der Waals surface area contributed by atoms with Crippen molar-refractivity contribution in [2.45, 2.75) is 38.6 Å². The zero-order valence-electron chi connectivity index (χ0n) is 16.1. The number of ether oxygens (including phenoxy) is 2. The van der Waals surface area contributed by atoms with Gasteiger partial charge in [-0.15, -0.1) is 11.3 Å². The summed E-state index contributed by atoms with van der Waals surface area (Å²) in [5, 5.41) is 4.61. The molecule has 1 aliphatic heterocycles. The molecule has 1 aliphatic rings. The number of carbonyl (C=O) groups is 1. The molecular weight excluding hydrogens is 408 g/mol. The summed E-state index contributed by atoms with van der Waals surface area (Å²) < 4.78 is 12.5. The van der Waals surface area contributed by atoms with Gasteiger partial charge in [-0.2, -0.15) is 0 Å². The van der Waals surface area contributed by atoms with Gasteiger partial charge in [-0.05, 0) is 49.1 Å². The molecule has 0 atom stereocenters. The van der Waals surface area contributed by atoms with Gasteiger partial charge in [0.05, 0.1) is 33.5 Å². The van der Waals surface area contributed by atoms with Crippen LogP contribution in [0.4, 0.5) is 0 Å². The Morgan fingerprint density at radius 2 is 2.03 bits per heavy atom. The Hall–Kier alpha value is -2.31. The number of thiazole rings is 1. The highest BCUT2D eigenvalue weighted by molar-refractivity contribution is 7.18. The van der Waals surface area contributed by atoms with E-state index in [0.717, 1.165) is 41.8 Å². The number of benzene rings is 2. The Kier molecular flexibility index (Phi) is 6.52.